The Labute approximate surface area is 374 Å². The minimum atomic E-state index is -1.80. The fourth-order valence-corrected chi connectivity index (χ4v) is 5.78. The number of hydrogen-bond acceptors (Lipinski definition) is 14. The summed E-state index contributed by atoms with van der Waals surface area (Å²) in [5.41, 5.74) is -1.14. The van der Waals surface area contributed by atoms with E-state index in [1.807, 2.05) is 0 Å². The molecule has 0 fully saturated rings. The van der Waals surface area contributed by atoms with Crippen molar-refractivity contribution in [1.29, 1.82) is 0 Å². The molecule has 356 valence electrons. The predicted molar refractivity (Wildman–Crippen MR) is 235 cm³/mol. The summed E-state index contributed by atoms with van der Waals surface area (Å²) < 4.78 is 47.4. The number of rotatable bonds is 44. The van der Waals surface area contributed by atoms with Gasteiger partial charge in [0.1, 0.15) is 19.8 Å². The molecule has 0 saturated heterocycles. The molecular weight excluding hydrogens is 841 g/mol. The number of nitrogens with one attached hydrogen (secondary N) is 5. The van der Waals surface area contributed by atoms with E-state index in [1.165, 1.54) is 6.66 Å². The Bertz CT molecular complexity index is 1290. The second kappa shape index (κ2) is 43.1. The summed E-state index contributed by atoms with van der Waals surface area (Å²) in [5.74, 6) is 5.59. The lowest BCUT2D eigenvalue weighted by Gasteiger charge is -2.35. The Hall–Kier alpha value is -4.19. The molecule has 5 amide bonds. The molecule has 0 aliphatic rings. The van der Waals surface area contributed by atoms with E-state index in [0.717, 1.165) is 25.7 Å². The molecule has 1 atom stereocenters. The van der Waals surface area contributed by atoms with Crippen molar-refractivity contribution in [3.05, 3.63) is 0 Å². The summed E-state index contributed by atoms with van der Waals surface area (Å²) in [7, 11) is -1.80. The highest BCUT2D eigenvalue weighted by Crippen LogP contribution is 2.27. The highest BCUT2D eigenvalue weighted by molar-refractivity contribution is 7.37. The number of carbonyl (C=O) groups excluding carboxylic acids is 5. The van der Waals surface area contributed by atoms with Gasteiger partial charge in [0, 0.05) is 68.5 Å². The van der Waals surface area contributed by atoms with Crippen molar-refractivity contribution < 1.29 is 66.5 Å². The van der Waals surface area contributed by atoms with Gasteiger partial charge in [-0.15, -0.1) is 19.3 Å². The number of terminal acetylenes is 3. The maximum atomic E-state index is 13.5. The molecule has 20 heteroatoms. The molecule has 0 aliphatic carbocycles. The largest absolute Gasteiger partial charge is 0.536 e. The zero-order valence-corrected chi connectivity index (χ0v) is 38.0. The Morgan fingerprint density at radius 1 is 0.460 bits per heavy atom. The molecule has 0 radical (unpaired) electrons. The third-order valence-electron chi connectivity index (χ3n) is 8.72. The van der Waals surface area contributed by atoms with E-state index >= 15 is 0 Å². The topological polar surface area (TPSA) is 236 Å². The lowest BCUT2D eigenvalue weighted by atomic mass is 9.82. The van der Waals surface area contributed by atoms with E-state index in [1.54, 1.807) is 0 Å². The first-order valence-corrected chi connectivity index (χ1v) is 23.0. The average molecular weight is 913 g/mol. The summed E-state index contributed by atoms with van der Waals surface area (Å²) in [6.45, 7) is 5.99. The normalized spacial score (nSPS) is 11.1. The van der Waals surface area contributed by atoms with Gasteiger partial charge in [0.2, 0.25) is 29.5 Å². The molecule has 19 nitrogen and oxygen atoms in total. The van der Waals surface area contributed by atoms with Crippen molar-refractivity contribution in [3.63, 3.8) is 0 Å². The molecule has 5 N–H and O–H groups in total. The standard InChI is InChI=1S/C43H70N5O14P/c1-5-25-55-32-35-58-29-22-45-39(50)15-18-43(19-16-40(51)46-23-30-59-36-33-56-26-6-2,20-17-41(52)47-24-31-60-37-34-57-27-7-3)48-42(53)14-12-13-38(49)44-21-10-8-9-11-28-61-62-63(4)54/h1-3H,8-37H2,4H3,(H4-,44,45,46,47,48,49,50,51,52,53)/p+1. The van der Waals surface area contributed by atoms with E-state index < -0.39 is 13.6 Å². The molecule has 0 aromatic carbocycles. The third kappa shape index (κ3) is 40.3. The number of carbonyl (C=O) groups is 5. The number of ether oxygens (including phenoxy) is 6. The zero-order valence-electron chi connectivity index (χ0n) is 37.1. The van der Waals surface area contributed by atoms with Crippen LogP contribution < -0.4 is 26.6 Å². The van der Waals surface area contributed by atoms with Gasteiger partial charge in [-0.05, 0) is 43.1 Å². The first-order valence-electron chi connectivity index (χ1n) is 21.4. The maximum Gasteiger partial charge on any atom is 0.536 e. The van der Waals surface area contributed by atoms with Gasteiger partial charge < -0.3 is 55.0 Å². The van der Waals surface area contributed by atoms with Crippen LogP contribution in [-0.4, -0.2) is 154 Å². The van der Waals surface area contributed by atoms with Crippen molar-refractivity contribution in [2.75, 3.05) is 119 Å². The van der Waals surface area contributed by atoms with E-state index in [9.17, 15) is 28.5 Å². The Kier molecular flexibility index (Phi) is 40.2. The maximum absolute atomic E-state index is 13.5. The molecule has 0 aromatic rings. The highest BCUT2D eigenvalue weighted by Gasteiger charge is 2.33. The molecule has 63 heavy (non-hydrogen) atoms. The predicted octanol–water partition coefficient (Wildman–Crippen LogP) is 1.70. The van der Waals surface area contributed by atoms with E-state index in [4.69, 9.17) is 52.6 Å². The number of unbranched alkanes of at least 4 members (excludes halogenated alkanes) is 3. The summed E-state index contributed by atoms with van der Waals surface area (Å²) in [6.07, 6.45) is 19.3. The van der Waals surface area contributed by atoms with Crippen LogP contribution in [0, 0.1) is 37.0 Å². The van der Waals surface area contributed by atoms with Gasteiger partial charge in [0.15, 0.2) is 6.66 Å². The zero-order chi connectivity index (χ0) is 46.5. The molecule has 0 aromatic heterocycles. The summed E-state index contributed by atoms with van der Waals surface area (Å²) in [4.78, 5) is 70.0. The van der Waals surface area contributed by atoms with Crippen molar-refractivity contribution in [3.8, 4) is 37.0 Å². The van der Waals surface area contributed by atoms with Crippen LogP contribution in [0.3, 0.4) is 0 Å². The number of amides is 5. The monoisotopic (exact) mass is 912 g/mol. The molecule has 1 unspecified atom stereocenters. The van der Waals surface area contributed by atoms with Gasteiger partial charge >= 0.3 is 8.03 Å². The van der Waals surface area contributed by atoms with E-state index in [2.05, 4.69) is 49.0 Å². The minimum Gasteiger partial charge on any atom is -0.377 e. The van der Waals surface area contributed by atoms with Crippen molar-refractivity contribution in [1.82, 2.24) is 26.6 Å². The van der Waals surface area contributed by atoms with Crippen LogP contribution in [0.1, 0.15) is 83.5 Å². The fourth-order valence-electron chi connectivity index (χ4n) is 5.56. The quantitative estimate of drug-likeness (QED) is 0.0193. The third-order valence-corrected chi connectivity index (χ3v) is 9.03. The van der Waals surface area contributed by atoms with Gasteiger partial charge in [-0.1, -0.05) is 30.6 Å². The highest BCUT2D eigenvalue weighted by atomic mass is 31.1. The Morgan fingerprint density at radius 3 is 1.27 bits per heavy atom. The lowest BCUT2D eigenvalue weighted by molar-refractivity contribution is -0.201. The first-order chi connectivity index (χ1) is 30.6. The molecule has 0 aliphatic heterocycles. The SMILES string of the molecule is C#CCOCCOCCNC(=O)CCC(CCC(=O)NCCOCCOCC#C)(CCC(=O)NCCOCCOCC#C)NC(=O)CCCC(=O)NCCCCCCOO[P+](C)=O. The second-order valence-electron chi connectivity index (χ2n) is 13.9. The summed E-state index contributed by atoms with van der Waals surface area (Å²) in [5, 5.41) is 14.3. The lowest BCUT2D eigenvalue weighted by Crippen LogP contribution is -2.50. The summed E-state index contributed by atoms with van der Waals surface area (Å²) >= 11 is 0. The summed E-state index contributed by atoms with van der Waals surface area (Å²) in [6, 6.07) is 0. The van der Waals surface area contributed by atoms with Crippen LogP contribution in [-0.2, 0) is 66.5 Å². The van der Waals surface area contributed by atoms with Crippen LogP contribution in [0.2, 0.25) is 0 Å². The smallest absolute Gasteiger partial charge is 0.377 e. The van der Waals surface area contributed by atoms with Gasteiger partial charge in [0.25, 0.3) is 0 Å². The van der Waals surface area contributed by atoms with Gasteiger partial charge in [-0.3, -0.25) is 24.0 Å². The molecule has 0 bridgehead atoms. The van der Waals surface area contributed by atoms with Crippen LogP contribution in [0.25, 0.3) is 0 Å². The Balaban J connectivity index is 5.53. The molecular formula is C43H71N5O14P+. The van der Waals surface area contributed by atoms with Gasteiger partial charge in [-0.25, -0.2) is 0 Å². The minimum absolute atomic E-state index is 0.00166. The second-order valence-corrected chi connectivity index (χ2v) is 15.0. The first kappa shape index (κ1) is 58.8. The van der Waals surface area contributed by atoms with Gasteiger partial charge in [0.05, 0.1) is 66.1 Å². The molecule has 0 spiro atoms. The molecule has 0 saturated carbocycles. The van der Waals surface area contributed by atoms with Crippen LogP contribution in [0.4, 0.5) is 0 Å². The van der Waals surface area contributed by atoms with Crippen molar-refractivity contribution >= 4 is 37.6 Å². The Morgan fingerprint density at radius 2 is 0.841 bits per heavy atom. The van der Waals surface area contributed by atoms with Crippen molar-refractivity contribution in [2.24, 2.45) is 0 Å². The van der Waals surface area contributed by atoms with Crippen molar-refractivity contribution in [2.45, 2.75) is 89.0 Å². The van der Waals surface area contributed by atoms with E-state index in [-0.39, 0.29) is 147 Å². The molecule has 0 heterocycles. The van der Waals surface area contributed by atoms with Gasteiger partial charge in [-0.2, -0.15) is 4.89 Å². The average Bonchev–Trinajstić information content (AvgIpc) is 3.26. The van der Waals surface area contributed by atoms with Crippen LogP contribution in [0.15, 0.2) is 0 Å². The van der Waals surface area contributed by atoms with Crippen LogP contribution >= 0.6 is 8.03 Å². The van der Waals surface area contributed by atoms with Crippen LogP contribution in [0.5, 0.6) is 0 Å². The number of hydrogen-bond donors (Lipinski definition) is 5. The fraction of sp³-hybridized carbons (Fsp3) is 0.744. The molecule has 0 rings (SSSR count). The van der Waals surface area contributed by atoms with E-state index in [0.29, 0.717) is 52.8 Å².